The second-order valence-corrected chi connectivity index (χ2v) is 7.58. The van der Waals surface area contributed by atoms with Crippen molar-refractivity contribution in [3.63, 3.8) is 0 Å². The zero-order chi connectivity index (χ0) is 18.0. The van der Waals surface area contributed by atoms with Gasteiger partial charge >= 0.3 is 0 Å². The first-order valence-corrected chi connectivity index (χ1v) is 9.59. The van der Waals surface area contributed by atoms with E-state index in [2.05, 4.69) is 5.32 Å². The number of halogens is 1. The summed E-state index contributed by atoms with van der Waals surface area (Å²) in [7, 11) is 0. The largest absolute Gasteiger partial charge is 0.356 e. The number of piperidine rings is 1. The molecule has 1 aromatic heterocycles. The highest BCUT2D eigenvalue weighted by Gasteiger charge is 2.29. The fourth-order valence-electron chi connectivity index (χ4n) is 3.34. The molecule has 1 saturated heterocycles. The number of amides is 2. The summed E-state index contributed by atoms with van der Waals surface area (Å²) in [5, 5.41) is 3.47. The standard InChI is InChI=1S/C19H23FN2O2S/c1-3-9-21-18(23)13-7-10-22(11-8-13)19(24)17-12(2)16-14(20)5-4-6-15(16)25-17/h4-6,13H,3,7-11H2,1-2H3,(H,21,23). The molecule has 2 amide bonds. The molecule has 6 heteroatoms. The highest BCUT2D eigenvalue weighted by molar-refractivity contribution is 7.21. The van der Waals surface area contributed by atoms with Crippen molar-refractivity contribution in [3.05, 3.63) is 34.5 Å². The van der Waals surface area contributed by atoms with E-state index in [9.17, 15) is 14.0 Å². The van der Waals surface area contributed by atoms with E-state index in [4.69, 9.17) is 0 Å². The van der Waals surface area contributed by atoms with Crippen LogP contribution < -0.4 is 5.32 Å². The van der Waals surface area contributed by atoms with Crippen LogP contribution in [0.4, 0.5) is 4.39 Å². The normalized spacial score (nSPS) is 15.6. The van der Waals surface area contributed by atoms with E-state index < -0.39 is 0 Å². The minimum Gasteiger partial charge on any atom is -0.356 e. The summed E-state index contributed by atoms with van der Waals surface area (Å²) in [6, 6.07) is 4.94. The summed E-state index contributed by atoms with van der Waals surface area (Å²) in [6.07, 6.45) is 2.28. The van der Waals surface area contributed by atoms with Crippen molar-refractivity contribution in [2.24, 2.45) is 5.92 Å². The van der Waals surface area contributed by atoms with Gasteiger partial charge in [0.2, 0.25) is 5.91 Å². The van der Waals surface area contributed by atoms with E-state index in [-0.39, 0.29) is 23.5 Å². The van der Waals surface area contributed by atoms with E-state index in [1.807, 2.05) is 13.0 Å². The van der Waals surface area contributed by atoms with Crippen LogP contribution in [0.5, 0.6) is 0 Å². The fraction of sp³-hybridized carbons (Fsp3) is 0.474. The van der Waals surface area contributed by atoms with Crippen molar-refractivity contribution in [2.45, 2.75) is 33.1 Å². The highest BCUT2D eigenvalue weighted by Crippen LogP contribution is 2.34. The monoisotopic (exact) mass is 362 g/mol. The van der Waals surface area contributed by atoms with Crippen LogP contribution in [0.3, 0.4) is 0 Å². The van der Waals surface area contributed by atoms with Crippen LogP contribution in [0.15, 0.2) is 18.2 Å². The number of benzene rings is 1. The molecular formula is C19H23FN2O2S. The molecule has 25 heavy (non-hydrogen) atoms. The lowest BCUT2D eigenvalue weighted by molar-refractivity contribution is -0.126. The summed E-state index contributed by atoms with van der Waals surface area (Å²) in [5.74, 6) is -0.257. The van der Waals surface area contributed by atoms with E-state index in [1.165, 1.54) is 17.4 Å². The van der Waals surface area contributed by atoms with Crippen LogP contribution in [0, 0.1) is 18.7 Å². The molecule has 4 nitrogen and oxygen atoms in total. The Morgan fingerprint density at radius 1 is 1.32 bits per heavy atom. The zero-order valence-corrected chi connectivity index (χ0v) is 15.4. The number of hydrogen-bond donors (Lipinski definition) is 1. The number of carbonyl (C=O) groups excluding carboxylic acids is 2. The van der Waals surface area contributed by atoms with E-state index >= 15 is 0 Å². The van der Waals surface area contributed by atoms with Crippen molar-refractivity contribution in [1.82, 2.24) is 10.2 Å². The van der Waals surface area contributed by atoms with E-state index in [1.54, 1.807) is 17.9 Å². The summed E-state index contributed by atoms with van der Waals surface area (Å²) in [5.41, 5.74) is 0.714. The third-order valence-electron chi connectivity index (χ3n) is 4.80. The van der Waals surface area contributed by atoms with Gasteiger partial charge in [0.1, 0.15) is 5.82 Å². The predicted molar refractivity (Wildman–Crippen MR) is 98.4 cm³/mol. The lowest BCUT2D eigenvalue weighted by atomic mass is 9.95. The summed E-state index contributed by atoms with van der Waals surface area (Å²) in [4.78, 5) is 27.3. The molecule has 1 N–H and O–H groups in total. The average molecular weight is 362 g/mol. The van der Waals surface area contributed by atoms with Crippen molar-refractivity contribution in [2.75, 3.05) is 19.6 Å². The molecule has 0 atom stereocenters. The summed E-state index contributed by atoms with van der Waals surface area (Å²) < 4.78 is 14.8. The fourth-order valence-corrected chi connectivity index (χ4v) is 4.53. The quantitative estimate of drug-likeness (QED) is 0.901. The molecule has 0 saturated carbocycles. The molecule has 1 aliphatic rings. The van der Waals surface area contributed by atoms with Gasteiger partial charge in [0, 0.05) is 35.6 Å². The highest BCUT2D eigenvalue weighted by atomic mass is 32.1. The Balaban J connectivity index is 1.70. The van der Waals surface area contributed by atoms with Crippen molar-refractivity contribution in [1.29, 1.82) is 0 Å². The van der Waals surface area contributed by atoms with Crippen LogP contribution in [0.2, 0.25) is 0 Å². The number of nitrogens with zero attached hydrogens (tertiary/aromatic N) is 1. The number of thiophene rings is 1. The topological polar surface area (TPSA) is 49.4 Å². The third kappa shape index (κ3) is 3.54. The van der Waals surface area contributed by atoms with Gasteiger partial charge in [0.25, 0.3) is 5.91 Å². The maximum Gasteiger partial charge on any atom is 0.264 e. The number of likely N-dealkylation sites (tertiary alicyclic amines) is 1. The van der Waals surface area contributed by atoms with Gasteiger partial charge in [-0.2, -0.15) is 0 Å². The van der Waals surface area contributed by atoms with Gasteiger partial charge in [-0.3, -0.25) is 9.59 Å². The number of aryl methyl sites for hydroxylation is 1. The SMILES string of the molecule is CCCNC(=O)C1CCN(C(=O)c2sc3cccc(F)c3c2C)CC1. The maximum atomic E-state index is 14.0. The molecule has 1 aliphatic heterocycles. The van der Waals surface area contributed by atoms with Crippen LogP contribution >= 0.6 is 11.3 Å². The first kappa shape index (κ1) is 17.9. The number of fused-ring (bicyclic) bond motifs is 1. The van der Waals surface area contributed by atoms with Gasteiger partial charge in [0.05, 0.1) is 4.88 Å². The first-order valence-electron chi connectivity index (χ1n) is 8.77. The van der Waals surface area contributed by atoms with Gasteiger partial charge in [-0.1, -0.05) is 13.0 Å². The minimum atomic E-state index is -0.281. The van der Waals surface area contributed by atoms with Crippen LogP contribution in [0.1, 0.15) is 41.4 Å². The molecule has 0 spiro atoms. The van der Waals surface area contributed by atoms with Gasteiger partial charge in [-0.25, -0.2) is 4.39 Å². The summed E-state index contributed by atoms with van der Waals surface area (Å²) in [6.45, 7) is 5.67. The van der Waals surface area contributed by atoms with E-state index in [0.717, 1.165) is 11.1 Å². The molecule has 0 unspecified atom stereocenters. The Bertz CT molecular complexity index is 794. The molecule has 0 aliphatic carbocycles. The van der Waals surface area contributed by atoms with Gasteiger partial charge in [0.15, 0.2) is 0 Å². The van der Waals surface area contributed by atoms with Crippen LogP contribution in [-0.4, -0.2) is 36.3 Å². The van der Waals surface area contributed by atoms with Crippen molar-refractivity contribution >= 4 is 33.2 Å². The zero-order valence-electron chi connectivity index (χ0n) is 14.6. The smallest absolute Gasteiger partial charge is 0.264 e. The molecule has 1 fully saturated rings. The second kappa shape index (κ2) is 7.52. The number of rotatable bonds is 4. The van der Waals surface area contributed by atoms with Crippen LogP contribution in [-0.2, 0) is 4.79 Å². The second-order valence-electron chi connectivity index (χ2n) is 6.53. The molecule has 134 valence electrons. The maximum absolute atomic E-state index is 14.0. The Hall–Kier alpha value is -1.95. The molecule has 1 aromatic carbocycles. The van der Waals surface area contributed by atoms with Gasteiger partial charge in [-0.15, -0.1) is 11.3 Å². The van der Waals surface area contributed by atoms with Gasteiger partial charge < -0.3 is 10.2 Å². The molecule has 2 heterocycles. The number of nitrogens with one attached hydrogen (secondary N) is 1. The Labute approximate surface area is 151 Å². The molecule has 3 rings (SSSR count). The number of carbonyl (C=O) groups is 2. The summed E-state index contributed by atoms with van der Waals surface area (Å²) >= 11 is 1.35. The van der Waals surface area contributed by atoms with Crippen molar-refractivity contribution < 1.29 is 14.0 Å². The lowest BCUT2D eigenvalue weighted by Crippen LogP contribution is -2.43. The Morgan fingerprint density at radius 3 is 2.68 bits per heavy atom. The third-order valence-corrected chi connectivity index (χ3v) is 6.04. The molecule has 0 radical (unpaired) electrons. The van der Waals surface area contributed by atoms with E-state index in [0.29, 0.717) is 48.3 Å². The lowest BCUT2D eigenvalue weighted by Gasteiger charge is -2.31. The number of hydrogen-bond acceptors (Lipinski definition) is 3. The molecular weight excluding hydrogens is 339 g/mol. The predicted octanol–water partition coefficient (Wildman–Crippen LogP) is 3.73. The van der Waals surface area contributed by atoms with Gasteiger partial charge in [-0.05, 0) is 43.9 Å². The average Bonchev–Trinajstić information content (AvgIpc) is 2.97. The van der Waals surface area contributed by atoms with Crippen molar-refractivity contribution in [3.8, 4) is 0 Å². The minimum absolute atomic E-state index is 0.0171. The Morgan fingerprint density at radius 2 is 2.04 bits per heavy atom. The molecule has 0 bridgehead atoms. The first-order chi connectivity index (χ1) is 12.0. The van der Waals surface area contributed by atoms with Crippen LogP contribution in [0.25, 0.3) is 10.1 Å². The Kier molecular flexibility index (Phi) is 5.37. The molecule has 2 aromatic rings.